The maximum absolute atomic E-state index is 6.26. The van der Waals surface area contributed by atoms with Gasteiger partial charge in [-0.25, -0.2) is 4.68 Å². The third-order valence-electron chi connectivity index (χ3n) is 3.09. The Balaban J connectivity index is 2.11. The molecule has 1 aromatic carbocycles. The Hall–Kier alpha value is -1.33. The van der Waals surface area contributed by atoms with Crippen LogP contribution in [0.5, 0.6) is 0 Å². The fraction of sp³-hybridized carbons (Fsp3) is 0.429. The molecule has 102 valence electrons. The first kappa shape index (κ1) is 14.1. The molecule has 0 saturated carbocycles. The molecule has 1 heterocycles. The largest absolute Gasteiger partial charge is 0.322 e. The Kier molecular flexibility index (Phi) is 4.99. The third-order valence-corrected chi connectivity index (χ3v) is 4.55. The van der Waals surface area contributed by atoms with Crippen molar-refractivity contribution in [3.8, 4) is 5.69 Å². The summed E-state index contributed by atoms with van der Waals surface area (Å²) in [6.45, 7) is 4.42. The van der Waals surface area contributed by atoms with E-state index in [-0.39, 0.29) is 6.04 Å². The highest BCUT2D eigenvalue weighted by Crippen LogP contribution is 2.22. The summed E-state index contributed by atoms with van der Waals surface area (Å²) in [5, 5.41) is 8.75. The normalized spacial score (nSPS) is 14.3. The topological polar surface area (TPSA) is 56.7 Å². The van der Waals surface area contributed by atoms with Gasteiger partial charge in [-0.2, -0.15) is 11.8 Å². The zero-order valence-electron chi connectivity index (χ0n) is 11.4. The number of nitrogens with zero attached hydrogens (tertiary/aromatic N) is 3. The SMILES string of the molecule is CCC(C)SCC(N)c1cnnn1-c1ccccc1. The van der Waals surface area contributed by atoms with Crippen molar-refractivity contribution >= 4 is 11.8 Å². The molecule has 0 fully saturated rings. The van der Waals surface area contributed by atoms with Crippen LogP contribution in [0.3, 0.4) is 0 Å². The summed E-state index contributed by atoms with van der Waals surface area (Å²) >= 11 is 1.89. The van der Waals surface area contributed by atoms with E-state index >= 15 is 0 Å². The lowest BCUT2D eigenvalue weighted by Crippen LogP contribution is -2.18. The molecule has 2 N–H and O–H groups in total. The van der Waals surface area contributed by atoms with Crippen molar-refractivity contribution in [3.63, 3.8) is 0 Å². The predicted octanol–water partition coefficient (Wildman–Crippen LogP) is 2.80. The maximum Gasteiger partial charge on any atom is 0.0821 e. The van der Waals surface area contributed by atoms with Gasteiger partial charge in [0.15, 0.2) is 0 Å². The average molecular weight is 276 g/mol. The minimum atomic E-state index is -0.0470. The summed E-state index contributed by atoms with van der Waals surface area (Å²) in [7, 11) is 0. The van der Waals surface area contributed by atoms with Crippen LogP contribution < -0.4 is 5.73 Å². The van der Waals surface area contributed by atoms with E-state index in [9.17, 15) is 0 Å². The molecule has 4 nitrogen and oxygen atoms in total. The smallest absolute Gasteiger partial charge is 0.0821 e. The minimum absolute atomic E-state index is 0.0470. The number of thioether (sulfide) groups is 1. The molecule has 2 aromatic rings. The van der Waals surface area contributed by atoms with Crippen molar-refractivity contribution in [1.29, 1.82) is 0 Å². The molecule has 19 heavy (non-hydrogen) atoms. The average Bonchev–Trinajstić information content (AvgIpc) is 2.94. The van der Waals surface area contributed by atoms with Crippen molar-refractivity contribution in [2.45, 2.75) is 31.6 Å². The van der Waals surface area contributed by atoms with Gasteiger partial charge in [-0.15, -0.1) is 5.10 Å². The molecule has 5 heteroatoms. The molecule has 0 radical (unpaired) electrons. The molecule has 0 aliphatic rings. The van der Waals surface area contributed by atoms with Gasteiger partial charge in [0, 0.05) is 11.0 Å². The molecule has 0 aliphatic carbocycles. The second-order valence-electron chi connectivity index (χ2n) is 4.56. The standard InChI is InChI=1S/C14H20N4S/c1-3-11(2)19-10-13(15)14-9-16-17-18(14)12-7-5-4-6-8-12/h4-9,11,13H,3,10,15H2,1-2H3. The molecule has 0 saturated heterocycles. The Morgan fingerprint density at radius 2 is 2.05 bits per heavy atom. The van der Waals surface area contributed by atoms with Crippen LogP contribution in [0.25, 0.3) is 5.69 Å². The van der Waals surface area contributed by atoms with Crippen molar-refractivity contribution < 1.29 is 0 Å². The van der Waals surface area contributed by atoms with Gasteiger partial charge in [0.25, 0.3) is 0 Å². The van der Waals surface area contributed by atoms with Gasteiger partial charge in [-0.05, 0) is 18.6 Å². The molecule has 2 atom stereocenters. The second-order valence-corrected chi connectivity index (χ2v) is 6.04. The van der Waals surface area contributed by atoms with E-state index in [4.69, 9.17) is 5.73 Å². The summed E-state index contributed by atoms with van der Waals surface area (Å²) in [5.41, 5.74) is 8.22. The van der Waals surface area contributed by atoms with E-state index in [2.05, 4.69) is 24.2 Å². The van der Waals surface area contributed by atoms with Crippen LogP contribution in [0.1, 0.15) is 32.0 Å². The van der Waals surface area contributed by atoms with Crippen LogP contribution in [0.2, 0.25) is 0 Å². The van der Waals surface area contributed by atoms with Crippen molar-refractivity contribution in [3.05, 3.63) is 42.2 Å². The summed E-state index contributed by atoms with van der Waals surface area (Å²) < 4.78 is 1.82. The van der Waals surface area contributed by atoms with Gasteiger partial charge in [0.1, 0.15) is 0 Å². The molecule has 0 amide bonds. The van der Waals surface area contributed by atoms with E-state index in [1.807, 2.05) is 46.8 Å². The van der Waals surface area contributed by atoms with E-state index in [0.717, 1.165) is 23.6 Å². The van der Waals surface area contributed by atoms with Gasteiger partial charge in [0.05, 0.1) is 23.6 Å². The molecule has 1 aromatic heterocycles. The van der Waals surface area contributed by atoms with Gasteiger partial charge < -0.3 is 5.73 Å². The number of benzene rings is 1. The van der Waals surface area contributed by atoms with Crippen LogP contribution in [0.15, 0.2) is 36.5 Å². The molecular formula is C14H20N4S. The maximum atomic E-state index is 6.26. The fourth-order valence-electron chi connectivity index (χ4n) is 1.74. The number of hydrogen-bond acceptors (Lipinski definition) is 4. The van der Waals surface area contributed by atoms with Gasteiger partial charge in [-0.3, -0.25) is 0 Å². The zero-order chi connectivity index (χ0) is 13.7. The molecular weight excluding hydrogens is 256 g/mol. The number of rotatable bonds is 6. The van der Waals surface area contributed by atoms with Crippen molar-refractivity contribution in [2.24, 2.45) is 5.73 Å². The van der Waals surface area contributed by atoms with Crippen LogP contribution in [0, 0.1) is 0 Å². The van der Waals surface area contributed by atoms with Crippen LogP contribution >= 0.6 is 11.8 Å². The van der Waals surface area contributed by atoms with E-state index in [1.165, 1.54) is 0 Å². The first-order valence-corrected chi connectivity index (χ1v) is 7.60. The lowest BCUT2D eigenvalue weighted by atomic mass is 10.2. The summed E-state index contributed by atoms with van der Waals surface area (Å²) in [5.74, 6) is 0.884. The van der Waals surface area contributed by atoms with Crippen molar-refractivity contribution in [2.75, 3.05) is 5.75 Å². The molecule has 0 spiro atoms. The lowest BCUT2D eigenvalue weighted by Gasteiger charge is -2.15. The Labute approximate surface area is 118 Å². The van der Waals surface area contributed by atoms with E-state index in [1.54, 1.807) is 6.20 Å². The highest BCUT2D eigenvalue weighted by Gasteiger charge is 2.15. The summed E-state index contributed by atoms with van der Waals surface area (Å²) in [4.78, 5) is 0. The molecule has 2 unspecified atom stereocenters. The molecule has 0 aliphatic heterocycles. The first-order valence-electron chi connectivity index (χ1n) is 6.55. The Morgan fingerprint density at radius 1 is 1.32 bits per heavy atom. The summed E-state index contributed by atoms with van der Waals surface area (Å²) in [6.07, 6.45) is 2.92. The quantitative estimate of drug-likeness (QED) is 0.881. The summed E-state index contributed by atoms with van der Waals surface area (Å²) in [6, 6.07) is 9.92. The number of nitrogens with two attached hydrogens (primary N) is 1. The van der Waals surface area contributed by atoms with E-state index in [0.29, 0.717) is 5.25 Å². The third kappa shape index (κ3) is 3.58. The monoisotopic (exact) mass is 276 g/mol. The highest BCUT2D eigenvalue weighted by atomic mass is 32.2. The second kappa shape index (κ2) is 6.73. The highest BCUT2D eigenvalue weighted by molar-refractivity contribution is 7.99. The van der Waals surface area contributed by atoms with E-state index < -0.39 is 0 Å². The predicted molar refractivity (Wildman–Crippen MR) is 80.5 cm³/mol. The Bertz CT molecular complexity index is 497. The van der Waals surface area contributed by atoms with Crippen LogP contribution in [-0.4, -0.2) is 26.0 Å². The van der Waals surface area contributed by atoms with Crippen LogP contribution in [-0.2, 0) is 0 Å². The number of hydrogen-bond donors (Lipinski definition) is 1. The van der Waals surface area contributed by atoms with Gasteiger partial charge in [0.2, 0.25) is 0 Å². The first-order chi connectivity index (χ1) is 9.22. The zero-order valence-corrected chi connectivity index (χ0v) is 12.2. The van der Waals surface area contributed by atoms with Crippen LogP contribution in [0.4, 0.5) is 0 Å². The van der Waals surface area contributed by atoms with Gasteiger partial charge in [-0.1, -0.05) is 37.3 Å². The molecule has 0 bridgehead atoms. The van der Waals surface area contributed by atoms with Gasteiger partial charge >= 0.3 is 0 Å². The molecule has 2 rings (SSSR count). The number of aromatic nitrogens is 3. The minimum Gasteiger partial charge on any atom is -0.322 e. The Morgan fingerprint density at radius 3 is 2.74 bits per heavy atom. The fourth-order valence-corrected chi connectivity index (χ4v) is 2.68. The lowest BCUT2D eigenvalue weighted by molar-refractivity contribution is 0.702. The van der Waals surface area contributed by atoms with Crippen molar-refractivity contribution in [1.82, 2.24) is 15.0 Å². The number of para-hydroxylation sites is 1.